The number of hydrogen-bond acceptors (Lipinski definition) is 4. The summed E-state index contributed by atoms with van der Waals surface area (Å²) < 4.78 is 12.7. The van der Waals surface area contributed by atoms with Crippen molar-refractivity contribution in [1.82, 2.24) is 15.3 Å². The molecular formula is C24H22BrCl2N3O2. The van der Waals surface area contributed by atoms with E-state index in [0.29, 0.717) is 47.8 Å². The smallest absolute Gasteiger partial charge is 0.175 e. The van der Waals surface area contributed by atoms with E-state index in [4.69, 9.17) is 32.7 Å². The van der Waals surface area contributed by atoms with Crippen LogP contribution in [0.3, 0.4) is 0 Å². The van der Waals surface area contributed by atoms with Crippen molar-refractivity contribution in [3.05, 3.63) is 86.1 Å². The molecular weight excluding hydrogens is 513 g/mol. The molecule has 166 valence electrons. The normalized spacial score (nSPS) is 11.1. The number of benzene rings is 3. The van der Waals surface area contributed by atoms with Gasteiger partial charge in [0.2, 0.25) is 0 Å². The highest BCUT2D eigenvalue weighted by molar-refractivity contribution is 9.10. The van der Waals surface area contributed by atoms with Crippen LogP contribution in [0, 0.1) is 0 Å². The number of nitrogens with zero attached hydrogens (tertiary/aromatic N) is 1. The van der Waals surface area contributed by atoms with Crippen LogP contribution in [0.5, 0.6) is 11.5 Å². The van der Waals surface area contributed by atoms with Gasteiger partial charge < -0.3 is 19.8 Å². The van der Waals surface area contributed by atoms with Crippen LogP contribution in [0.15, 0.2) is 59.1 Å². The Labute approximate surface area is 205 Å². The summed E-state index contributed by atoms with van der Waals surface area (Å²) in [7, 11) is 0. The van der Waals surface area contributed by atoms with Gasteiger partial charge in [-0.15, -0.1) is 0 Å². The minimum Gasteiger partial charge on any atom is -0.490 e. The first-order valence-corrected chi connectivity index (χ1v) is 11.7. The van der Waals surface area contributed by atoms with Crippen LogP contribution < -0.4 is 14.8 Å². The molecule has 0 saturated carbocycles. The lowest BCUT2D eigenvalue weighted by Gasteiger charge is -2.16. The van der Waals surface area contributed by atoms with E-state index in [2.05, 4.69) is 31.2 Å². The Balaban J connectivity index is 1.44. The second-order valence-corrected chi connectivity index (χ2v) is 8.86. The molecule has 0 radical (unpaired) electrons. The molecule has 0 fully saturated rings. The van der Waals surface area contributed by atoms with Gasteiger partial charge in [-0.25, -0.2) is 4.98 Å². The highest BCUT2D eigenvalue weighted by Crippen LogP contribution is 2.38. The summed E-state index contributed by atoms with van der Waals surface area (Å²) in [6.45, 7) is 4.06. The SMILES string of the molecule is CCOc1cc(CNCc2nc3ccccc3[nH]2)cc(Br)c1OCc1ccc(Cl)cc1Cl. The Hall–Kier alpha value is -2.25. The van der Waals surface area contributed by atoms with Gasteiger partial charge in [0.1, 0.15) is 12.4 Å². The Morgan fingerprint density at radius 3 is 2.66 bits per heavy atom. The second kappa shape index (κ2) is 10.6. The van der Waals surface area contributed by atoms with Crippen molar-refractivity contribution in [2.75, 3.05) is 6.61 Å². The van der Waals surface area contributed by atoms with Crippen LogP contribution in [0.4, 0.5) is 0 Å². The van der Waals surface area contributed by atoms with E-state index in [1.807, 2.05) is 49.4 Å². The summed E-state index contributed by atoms with van der Waals surface area (Å²) in [5.41, 5.74) is 3.91. The van der Waals surface area contributed by atoms with E-state index in [9.17, 15) is 0 Å². The van der Waals surface area contributed by atoms with Crippen LogP contribution in [0.2, 0.25) is 10.0 Å². The quantitative estimate of drug-likeness (QED) is 0.245. The summed E-state index contributed by atoms with van der Waals surface area (Å²) in [4.78, 5) is 7.92. The molecule has 0 spiro atoms. The lowest BCUT2D eigenvalue weighted by molar-refractivity contribution is 0.267. The number of imidazole rings is 1. The van der Waals surface area contributed by atoms with Gasteiger partial charge in [0.25, 0.3) is 0 Å². The van der Waals surface area contributed by atoms with Crippen molar-refractivity contribution in [1.29, 1.82) is 0 Å². The maximum atomic E-state index is 6.27. The summed E-state index contributed by atoms with van der Waals surface area (Å²) in [5, 5.41) is 4.58. The molecule has 0 aliphatic heterocycles. The zero-order valence-corrected chi connectivity index (χ0v) is 20.5. The fourth-order valence-electron chi connectivity index (χ4n) is 3.33. The third-order valence-corrected chi connectivity index (χ3v) is 5.99. The number of fused-ring (bicyclic) bond motifs is 1. The molecule has 0 bridgehead atoms. The molecule has 32 heavy (non-hydrogen) atoms. The first-order chi connectivity index (χ1) is 15.5. The standard InChI is InChI=1S/C24H22BrCl2N3O2/c1-2-31-22-10-15(12-28-13-23-29-20-5-3-4-6-21(20)30-23)9-18(25)24(22)32-14-16-7-8-17(26)11-19(16)27/h3-11,28H,2,12-14H2,1H3,(H,29,30). The van der Waals surface area contributed by atoms with Crippen molar-refractivity contribution in [3.8, 4) is 11.5 Å². The Bertz CT molecular complexity index is 1200. The van der Waals surface area contributed by atoms with Gasteiger partial charge in [0, 0.05) is 22.2 Å². The molecule has 0 unspecified atom stereocenters. The second-order valence-electron chi connectivity index (χ2n) is 7.17. The first kappa shape index (κ1) is 22.9. The molecule has 4 aromatic rings. The number of aromatic nitrogens is 2. The average molecular weight is 535 g/mol. The van der Waals surface area contributed by atoms with E-state index in [-0.39, 0.29) is 0 Å². The van der Waals surface area contributed by atoms with Gasteiger partial charge in [-0.05, 0) is 64.8 Å². The monoisotopic (exact) mass is 533 g/mol. The van der Waals surface area contributed by atoms with Crippen LogP contribution in [0.25, 0.3) is 11.0 Å². The van der Waals surface area contributed by atoms with Crippen LogP contribution in [0.1, 0.15) is 23.9 Å². The summed E-state index contributed by atoms with van der Waals surface area (Å²) in [5.74, 6) is 2.21. The molecule has 3 aromatic carbocycles. The van der Waals surface area contributed by atoms with Gasteiger partial charge >= 0.3 is 0 Å². The number of H-pyrrole nitrogens is 1. The van der Waals surface area contributed by atoms with Crippen molar-refractivity contribution >= 4 is 50.2 Å². The highest BCUT2D eigenvalue weighted by Gasteiger charge is 2.14. The first-order valence-electron chi connectivity index (χ1n) is 10.2. The van der Waals surface area contributed by atoms with E-state index >= 15 is 0 Å². The fourth-order valence-corrected chi connectivity index (χ4v) is 4.40. The van der Waals surface area contributed by atoms with Gasteiger partial charge in [-0.2, -0.15) is 0 Å². The molecule has 4 rings (SSSR count). The van der Waals surface area contributed by atoms with E-state index in [1.165, 1.54) is 0 Å². The Kier molecular flexibility index (Phi) is 7.58. The predicted molar refractivity (Wildman–Crippen MR) is 133 cm³/mol. The van der Waals surface area contributed by atoms with Gasteiger partial charge in [-0.1, -0.05) is 41.4 Å². The van der Waals surface area contributed by atoms with Crippen molar-refractivity contribution < 1.29 is 9.47 Å². The van der Waals surface area contributed by atoms with E-state index in [0.717, 1.165) is 32.5 Å². The molecule has 0 saturated heterocycles. The van der Waals surface area contributed by atoms with Crippen LogP contribution in [-0.4, -0.2) is 16.6 Å². The summed E-state index contributed by atoms with van der Waals surface area (Å²) in [6, 6.07) is 17.4. The zero-order valence-electron chi connectivity index (χ0n) is 17.4. The number of hydrogen-bond donors (Lipinski definition) is 2. The van der Waals surface area contributed by atoms with Crippen molar-refractivity contribution in [2.45, 2.75) is 26.6 Å². The number of halogens is 3. The largest absolute Gasteiger partial charge is 0.490 e. The maximum absolute atomic E-state index is 6.27. The van der Waals surface area contributed by atoms with Crippen molar-refractivity contribution in [3.63, 3.8) is 0 Å². The molecule has 2 N–H and O–H groups in total. The van der Waals surface area contributed by atoms with Gasteiger partial charge in [-0.3, -0.25) is 0 Å². The minimum absolute atomic E-state index is 0.304. The number of aromatic amines is 1. The predicted octanol–water partition coefficient (Wildman–Crippen LogP) is 6.90. The fraction of sp³-hybridized carbons (Fsp3) is 0.208. The molecule has 1 heterocycles. The number of para-hydroxylation sites is 2. The number of rotatable bonds is 9. The highest BCUT2D eigenvalue weighted by atomic mass is 79.9. The maximum Gasteiger partial charge on any atom is 0.175 e. The lowest BCUT2D eigenvalue weighted by Crippen LogP contribution is -2.14. The van der Waals surface area contributed by atoms with Crippen LogP contribution in [-0.2, 0) is 19.7 Å². The molecule has 0 amide bonds. The molecule has 0 aliphatic carbocycles. The van der Waals surface area contributed by atoms with Gasteiger partial charge in [0.15, 0.2) is 11.5 Å². The number of ether oxygens (including phenoxy) is 2. The minimum atomic E-state index is 0.304. The van der Waals surface area contributed by atoms with Gasteiger partial charge in [0.05, 0.1) is 28.7 Å². The third-order valence-electron chi connectivity index (χ3n) is 4.82. The average Bonchev–Trinajstić information content (AvgIpc) is 3.17. The van der Waals surface area contributed by atoms with Crippen LogP contribution >= 0.6 is 39.1 Å². The molecule has 8 heteroatoms. The summed E-state index contributed by atoms with van der Waals surface area (Å²) in [6.07, 6.45) is 0. The lowest BCUT2D eigenvalue weighted by atomic mass is 10.2. The topological polar surface area (TPSA) is 59.2 Å². The van der Waals surface area contributed by atoms with E-state index < -0.39 is 0 Å². The third kappa shape index (κ3) is 5.56. The summed E-state index contributed by atoms with van der Waals surface area (Å²) >= 11 is 15.9. The molecule has 0 aliphatic rings. The molecule has 1 aromatic heterocycles. The number of nitrogens with one attached hydrogen (secondary N) is 2. The Morgan fingerprint density at radius 2 is 1.88 bits per heavy atom. The Morgan fingerprint density at radius 1 is 1.03 bits per heavy atom. The molecule has 0 atom stereocenters. The van der Waals surface area contributed by atoms with E-state index in [1.54, 1.807) is 12.1 Å². The van der Waals surface area contributed by atoms with Crippen molar-refractivity contribution in [2.24, 2.45) is 0 Å². The zero-order chi connectivity index (χ0) is 22.5. The molecule has 5 nitrogen and oxygen atoms in total.